The second kappa shape index (κ2) is 5.61. The molecule has 0 fully saturated rings. The van der Waals surface area contributed by atoms with Gasteiger partial charge in [-0.3, -0.25) is 4.79 Å². The average Bonchev–Trinajstić information content (AvgIpc) is 2.60. The maximum absolute atomic E-state index is 11.8. The van der Waals surface area contributed by atoms with E-state index in [1.165, 1.54) is 11.3 Å². The first-order valence-corrected chi connectivity index (χ1v) is 6.77. The molecular weight excluding hydrogens is 276 g/mol. The molecule has 84 valence electrons. The third-order valence-electron chi connectivity index (χ3n) is 2.13. The lowest BCUT2D eigenvalue weighted by Gasteiger charge is -2.19. The summed E-state index contributed by atoms with van der Waals surface area (Å²) in [5.41, 5.74) is 0. The number of halogens is 1. The molecule has 5 heteroatoms. The molecule has 1 aromatic rings. The molecule has 0 aliphatic carbocycles. The largest absolute Gasteiger partial charge is 0.347 e. The summed E-state index contributed by atoms with van der Waals surface area (Å²) in [4.78, 5) is 16.5. The molecule has 1 heterocycles. The van der Waals surface area contributed by atoms with Crippen LogP contribution < -0.4 is 5.32 Å². The molecule has 0 saturated heterocycles. The third-order valence-corrected chi connectivity index (χ3v) is 3.74. The van der Waals surface area contributed by atoms with Gasteiger partial charge in [-0.1, -0.05) is 29.8 Å². The van der Waals surface area contributed by atoms with E-state index in [9.17, 15) is 4.79 Å². The van der Waals surface area contributed by atoms with Crippen molar-refractivity contribution in [2.24, 2.45) is 5.92 Å². The predicted molar refractivity (Wildman–Crippen MR) is 66.7 cm³/mol. The predicted octanol–water partition coefficient (Wildman–Crippen LogP) is 2.60. The van der Waals surface area contributed by atoms with Gasteiger partial charge < -0.3 is 5.32 Å². The standard InChI is InChI=1S/C10H15BrN2OS/c1-6(2)8(4-11)13-10(14)9-5-12-7(3)15-9/h5-6,8H,4H2,1-3H3,(H,13,14). The first-order valence-electron chi connectivity index (χ1n) is 4.84. The van der Waals surface area contributed by atoms with E-state index in [4.69, 9.17) is 0 Å². The highest BCUT2D eigenvalue weighted by Gasteiger charge is 2.17. The third kappa shape index (κ3) is 3.57. The highest BCUT2D eigenvalue weighted by Crippen LogP contribution is 2.13. The summed E-state index contributed by atoms with van der Waals surface area (Å²) in [6.07, 6.45) is 1.63. The van der Waals surface area contributed by atoms with Crippen LogP contribution in [-0.4, -0.2) is 22.3 Å². The summed E-state index contributed by atoms with van der Waals surface area (Å²) < 4.78 is 0. The summed E-state index contributed by atoms with van der Waals surface area (Å²) >= 11 is 4.82. The monoisotopic (exact) mass is 290 g/mol. The Kier molecular flexibility index (Phi) is 4.73. The highest BCUT2D eigenvalue weighted by molar-refractivity contribution is 9.09. The minimum atomic E-state index is -0.0289. The molecule has 0 saturated carbocycles. The zero-order chi connectivity index (χ0) is 11.4. The Balaban J connectivity index is 2.62. The molecule has 3 nitrogen and oxygen atoms in total. The molecule has 0 bridgehead atoms. The van der Waals surface area contributed by atoms with E-state index in [1.54, 1.807) is 6.20 Å². The molecule has 1 atom stereocenters. The first-order chi connectivity index (χ1) is 7.04. The second-order valence-electron chi connectivity index (χ2n) is 3.72. The fourth-order valence-corrected chi connectivity index (χ4v) is 2.68. The Morgan fingerprint density at radius 1 is 1.67 bits per heavy atom. The number of thiazole rings is 1. The van der Waals surface area contributed by atoms with Gasteiger partial charge in [-0.2, -0.15) is 0 Å². The van der Waals surface area contributed by atoms with Crippen LogP contribution in [0.1, 0.15) is 28.5 Å². The number of alkyl halides is 1. The normalized spacial score (nSPS) is 12.9. The fraction of sp³-hybridized carbons (Fsp3) is 0.600. The number of carbonyl (C=O) groups is 1. The van der Waals surface area contributed by atoms with Crippen molar-refractivity contribution < 1.29 is 4.79 Å². The Morgan fingerprint density at radius 2 is 2.33 bits per heavy atom. The van der Waals surface area contributed by atoms with E-state index >= 15 is 0 Å². The van der Waals surface area contributed by atoms with Crippen LogP contribution in [0.4, 0.5) is 0 Å². The van der Waals surface area contributed by atoms with Crippen molar-refractivity contribution in [1.29, 1.82) is 0 Å². The molecule has 0 aromatic carbocycles. The van der Waals surface area contributed by atoms with Crippen LogP contribution in [0.3, 0.4) is 0 Å². The molecule has 0 radical (unpaired) electrons. The molecule has 1 N–H and O–H groups in total. The van der Waals surface area contributed by atoms with Crippen LogP contribution in [-0.2, 0) is 0 Å². The Bertz CT molecular complexity index is 338. The van der Waals surface area contributed by atoms with E-state index < -0.39 is 0 Å². The summed E-state index contributed by atoms with van der Waals surface area (Å²) in [7, 11) is 0. The highest BCUT2D eigenvalue weighted by atomic mass is 79.9. The van der Waals surface area contributed by atoms with Gasteiger partial charge in [0, 0.05) is 11.4 Å². The van der Waals surface area contributed by atoms with Crippen LogP contribution in [0.2, 0.25) is 0 Å². The van der Waals surface area contributed by atoms with E-state index in [0.29, 0.717) is 10.8 Å². The van der Waals surface area contributed by atoms with Gasteiger partial charge in [-0.05, 0) is 12.8 Å². The van der Waals surface area contributed by atoms with E-state index in [1.807, 2.05) is 6.92 Å². The van der Waals surface area contributed by atoms with E-state index in [2.05, 4.69) is 40.1 Å². The Morgan fingerprint density at radius 3 is 2.73 bits per heavy atom. The lowest BCUT2D eigenvalue weighted by atomic mass is 10.1. The van der Waals surface area contributed by atoms with Crippen LogP contribution in [0, 0.1) is 12.8 Å². The van der Waals surface area contributed by atoms with Crippen LogP contribution in [0.5, 0.6) is 0 Å². The zero-order valence-corrected chi connectivity index (χ0v) is 11.5. The van der Waals surface area contributed by atoms with Crippen LogP contribution >= 0.6 is 27.3 Å². The number of nitrogens with zero attached hydrogens (tertiary/aromatic N) is 1. The van der Waals surface area contributed by atoms with Gasteiger partial charge in [-0.15, -0.1) is 11.3 Å². The number of amides is 1. The molecular formula is C10H15BrN2OS. The lowest BCUT2D eigenvalue weighted by Crippen LogP contribution is -2.39. The van der Waals surface area contributed by atoms with Crippen molar-refractivity contribution >= 4 is 33.2 Å². The molecule has 15 heavy (non-hydrogen) atoms. The van der Waals surface area contributed by atoms with Crippen molar-refractivity contribution in [2.75, 3.05) is 5.33 Å². The Hall–Kier alpha value is -0.420. The molecule has 1 aromatic heterocycles. The lowest BCUT2D eigenvalue weighted by molar-refractivity contribution is 0.0935. The maximum Gasteiger partial charge on any atom is 0.263 e. The van der Waals surface area contributed by atoms with Gasteiger partial charge in [0.2, 0.25) is 0 Å². The maximum atomic E-state index is 11.8. The average molecular weight is 291 g/mol. The van der Waals surface area contributed by atoms with Crippen molar-refractivity contribution in [3.05, 3.63) is 16.1 Å². The summed E-state index contributed by atoms with van der Waals surface area (Å²) in [6, 6.07) is 0.167. The van der Waals surface area contributed by atoms with Crippen molar-refractivity contribution in [3.8, 4) is 0 Å². The number of aromatic nitrogens is 1. The molecule has 1 unspecified atom stereocenters. The minimum Gasteiger partial charge on any atom is -0.347 e. The summed E-state index contributed by atoms with van der Waals surface area (Å²) in [5.74, 6) is 0.390. The number of nitrogens with one attached hydrogen (secondary N) is 1. The number of rotatable bonds is 4. The SMILES string of the molecule is Cc1ncc(C(=O)NC(CBr)C(C)C)s1. The van der Waals surface area contributed by atoms with Gasteiger partial charge in [0.25, 0.3) is 5.91 Å². The Labute approximate surface area is 102 Å². The van der Waals surface area contributed by atoms with Gasteiger partial charge in [0.05, 0.1) is 11.2 Å². The quantitative estimate of drug-likeness (QED) is 0.866. The molecule has 1 rings (SSSR count). The smallest absolute Gasteiger partial charge is 0.263 e. The van der Waals surface area contributed by atoms with E-state index in [0.717, 1.165) is 10.3 Å². The number of aryl methyl sites for hydroxylation is 1. The van der Waals surface area contributed by atoms with Gasteiger partial charge in [0.15, 0.2) is 0 Å². The number of hydrogen-bond acceptors (Lipinski definition) is 3. The van der Waals surface area contributed by atoms with Crippen molar-refractivity contribution in [1.82, 2.24) is 10.3 Å². The zero-order valence-electron chi connectivity index (χ0n) is 9.08. The van der Waals surface area contributed by atoms with Crippen molar-refractivity contribution in [2.45, 2.75) is 26.8 Å². The van der Waals surface area contributed by atoms with Crippen LogP contribution in [0.15, 0.2) is 6.20 Å². The molecule has 1 amide bonds. The van der Waals surface area contributed by atoms with Gasteiger partial charge in [0.1, 0.15) is 4.88 Å². The molecule has 0 aliphatic rings. The second-order valence-corrected chi connectivity index (χ2v) is 5.60. The molecule has 0 spiro atoms. The fourth-order valence-electron chi connectivity index (χ4n) is 1.09. The van der Waals surface area contributed by atoms with Crippen molar-refractivity contribution in [3.63, 3.8) is 0 Å². The summed E-state index contributed by atoms with van der Waals surface area (Å²) in [5, 5.41) is 4.67. The summed E-state index contributed by atoms with van der Waals surface area (Å²) in [6.45, 7) is 6.07. The molecule has 0 aliphatic heterocycles. The van der Waals surface area contributed by atoms with E-state index in [-0.39, 0.29) is 11.9 Å². The number of hydrogen-bond donors (Lipinski definition) is 1. The van der Waals surface area contributed by atoms with Gasteiger partial charge in [-0.25, -0.2) is 4.98 Å². The number of carbonyl (C=O) groups excluding carboxylic acids is 1. The van der Waals surface area contributed by atoms with Gasteiger partial charge >= 0.3 is 0 Å². The van der Waals surface area contributed by atoms with Crippen LogP contribution in [0.25, 0.3) is 0 Å². The first kappa shape index (κ1) is 12.6. The topological polar surface area (TPSA) is 42.0 Å². The minimum absolute atomic E-state index is 0.0289.